The Kier molecular flexibility index (Phi) is 5.43. The summed E-state index contributed by atoms with van der Waals surface area (Å²) < 4.78 is 14.5. The maximum absolute atomic E-state index is 13.2. The number of hydrogen-bond donors (Lipinski definition) is 2. The third kappa shape index (κ3) is 3.73. The lowest BCUT2D eigenvalue weighted by molar-refractivity contribution is 0.621. The maximum atomic E-state index is 13.2. The second-order valence-electron chi connectivity index (χ2n) is 4.23. The Morgan fingerprint density at radius 2 is 1.90 bits per heavy atom. The Labute approximate surface area is 138 Å². The van der Waals surface area contributed by atoms with Gasteiger partial charge in [0.2, 0.25) is 0 Å². The van der Waals surface area contributed by atoms with Crippen molar-refractivity contribution in [3.8, 4) is 0 Å². The van der Waals surface area contributed by atoms with Gasteiger partial charge in [-0.1, -0.05) is 33.6 Å². The van der Waals surface area contributed by atoms with Crippen molar-refractivity contribution in [3.63, 3.8) is 0 Å². The summed E-state index contributed by atoms with van der Waals surface area (Å²) in [5.74, 6) is -0.299. The molecule has 106 valence electrons. The molecule has 2 rings (SSSR count). The maximum Gasteiger partial charge on any atom is 0.137 e. The first kappa shape index (κ1) is 15.8. The van der Waals surface area contributed by atoms with Crippen LogP contribution in [0.2, 0.25) is 5.02 Å². The number of halogens is 4. The third-order valence-corrected chi connectivity index (χ3v) is 4.36. The van der Waals surface area contributed by atoms with E-state index >= 15 is 0 Å². The Bertz CT molecular complexity index is 622. The fraction of sp³-hybridized carbons (Fsp3) is 0.143. The fourth-order valence-electron chi connectivity index (χ4n) is 1.83. The van der Waals surface area contributed by atoms with Crippen LogP contribution in [0.3, 0.4) is 0 Å². The normalized spacial score (nSPS) is 12.2. The Morgan fingerprint density at radius 1 is 1.15 bits per heavy atom. The van der Waals surface area contributed by atoms with E-state index in [4.69, 9.17) is 17.3 Å². The molecule has 0 bridgehead atoms. The van der Waals surface area contributed by atoms with Crippen molar-refractivity contribution in [2.24, 2.45) is 5.73 Å². The van der Waals surface area contributed by atoms with Gasteiger partial charge >= 0.3 is 0 Å². The highest BCUT2D eigenvalue weighted by Gasteiger charge is 2.13. The zero-order valence-corrected chi connectivity index (χ0v) is 14.3. The van der Waals surface area contributed by atoms with Crippen LogP contribution < -0.4 is 11.1 Å². The highest BCUT2D eigenvalue weighted by molar-refractivity contribution is 9.10. The van der Waals surface area contributed by atoms with Crippen LogP contribution >= 0.6 is 43.5 Å². The van der Waals surface area contributed by atoms with E-state index in [1.165, 1.54) is 6.07 Å². The molecule has 3 N–H and O–H groups in total. The molecular weight excluding hydrogens is 410 g/mol. The molecule has 2 aromatic carbocycles. The van der Waals surface area contributed by atoms with Crippen LogP contribution in [0.15, 0.2) is 45.3 Å². The van der Waals surface area contributed by atoms with E-state index in [9.17, 15) is 4.39 Å². The molecule has 0 aliphatic carbocycles. The molecule has 20 heavy (non-hydrogen) atoms. The molecule has 0 saturated heterocycles. The van der Waals surface area contributed by atoms with Gasteiger partial charge in [0.15, 0.2) is 0 Å². The number of anilines is 1. The minimum Gasteiger partial charge on any atom is -0.377 e. The van der Waals surface area contributed by atoms with Crippen LogP contribution in [-0.2, 0) is 0 Å². The number of nitrogens with one attached hydrogen (secondary N) is 1. The fourth-order valence-corrected chi connectivity index (χ4v) is 3.17. The predicted octanol–water partition coefficient (Wildman–Crippen LogP) is 5.12. The Balaban J connectivity index is 2.26. The molecule has 0 radical (unpaired) electrons. The molecule has 0 heterocycles. The first-order chi connectivity index (χ1) is 9.51. The molecule has 0 spiro atoms. The highest BCUT2D eigenvalue weighted by atomic mass is 79.9. The van der Waals surface area contributed by atoms with Gasteiger partial charge in [0, 0.05) is 21.7 Å². The van der Waals surface area contributed by atoms with Gasteiger partial charge in [-0.05, 0) is 51.8 Å². The Morgan fingerprint density at radius 3 is 2.50 bits per heavy atom. The number of nitrogens with two attached hydrogens (primary N) is 1. The average molecular weight is 423 g/mol. The number of rotatable bonds is 4. The van der Waals surface area contributed by atoms with Gasteiger partial charge in [-0.15, -0.1) is 0 Å². The van der Waals surface area contributed by atoms with Crippen molar-refractivity contribution in [2.75, 3.05) is 11.9 Å². The monoisotopic (exact) mass is 420 g/mol. The van der Waals surface area contributed by atoms with Crippen LogP contribution in [0, 0.1) is 5.82 Å². The smallest absolute Gasteiger partial charge is 0.137 e. The molecule has 0 amide bonds. The van der Waals surface area contributed by atoms with Crippen LogP contribution in [-0.4, -0.2) is 6.54 Å². The van der Waals surface area contributed by atoms with Gasteiger partial charge in [0.25, 0.3) is 0 Å². The van der Waals surface area contributed by atoms with Gasteiger partial charge < -0.3 is 11.1 Å². The minimum absolute atomic E-state index is 0.0981. The van der Waals surface area contributed by atoms with Crippen molar-refractivity contribution in [3.05, 3.63) is 61.7 Å². The minimum atomic E-state index is -0.299. The van der Waals surface area contributed by atoms with E-state index in [0.29, 0.717) is 16.0 Å². The summed E-state index contributed by atoms with van der Waals surface area (Å²) in [5.41, 5.74) is 7.61. The van der Waals surface area contributed by atoms with E-state index in [1.54, 1.807) is 12.1 Å². The zero-order valence-electron chi connectivity index (χ0n) is 10.3. The van der Waals surface area contributed by atoms with Crippen molar-refractivity contribution in [2.45, 2.75) is 6.04 Å². The standard InChI is InChI=1S/C14H12Br2ClFN2/c15-11-5-8(17)1-3-10(11)14(7-19)20-9-2-4-13(18)12(16)6-9/h1-6,14,20H,7,19H2. The predicted molar refractivity (Wildman–Crippen MR) is 88.7 cm³/mol. The summed E-state index contributed by atoms with van der Waals surface area (Å²) >= 11 is 12.6. The van der Waals surface area contributed by atoms with E-state index in [0.717, 1.165) is 15.7 Å². The van der Waals surface area contributed by atoms with Crippen molar-refractivity contribution < 1.29 is 4.39 Å². The van der Waals surface area contributed by atoms with Gasteiger partial charge in [0.1, 0.15) is 5.82 Å². The number of benzene rings is 2. The Hall–Kier alpha value is -0.620. The molecule has 0 aromatic heterocycles. The van der Waals surface area contributed by atoms with E-state index < -0.39 is 0 Å². The lowest BCUT2D eigenvalue weighted by Crippen LogP contribution is -2.21. The molecule has 1 atom stereocenters. The molecule has 6 heteroatoms. The van der Waals surface area contributed by atoms with Gasteiger partial charge in [-0.3, -0.25) is 0 Å². The van der Waals surface area contributed by atoms with Crippen LogP contribution in [0.1, 0.15) is 11.6 Å². The molecule has 0 aliphatic heterocycles. The summed E-state index contributed by atoms with van der Waals surface area (Å²) in [6, 6.07) is 10.2. The summed E-state index contributed by atoms with van der Waals surface area (Å²) in [5, 5.41) is 3.93. The SMILES string of the molecule is NCC(Nc1ccc(F)c(Br)c1)c1ccc(Cl)cc1Br. The van der Waals surface area contributed by atoms with E-state index in [1.807, 2.05) is 18.2 Å². The molecule has 0 fully saturated rings. The van der Waals surface area contributed by atoms with Gasteiger partial charge in [-0.25, -0.2) is 4.39 Å². The number of hydrogen-bond acceptors (Lipinski definition) is 2. The van der Waals surface area contributed by atoms with E-state index in [-0.39, 0.29) is 11.9 Å². The van der Waals surface area contributed by atoms with Crippen molar-refractivity contribution in [1.82, 2.24) is 0 Å². The lowest BCUT2D eigenvalue weighted by Gasteiger charge is -2.20. The lowest BCUT2D eigenvalue weighted by atomic mass is 10.1. The first-order valence-corrected chi connectivity index (χ1v) is 7.84. The zero-order chi connectivity index (χ0) is 14.7. The summed E-state index contributed by atoms with van der Waals surface area (Å²) in [7, 11) is 0. The highest BCUT2D eigenvalue weighted by Crippen LogP contribution is 2.29. The van der Waals surface area contributed by atoms with E-state index in [2.05, 4.69) is 37.2 Å². The van der Waals surface area contributed by atoms with Crippen LogP contribution in [0.25, 0.3) is 0 Å². The third-order valence-electron chi connectivity index (χ3n) is 2.83. The first-order valence-electron chi connectivity index (χ1n) is 5.88. The second-order valence-corrected chi connectivity index (χ2v) is 6.37. The molecule has 2 aromatic rings. The van der Waals surface area contributed by atoms with Crippen LogP contribution in [0.5, 0.6) is 0 Å². The summed E-state index contributed by atoms with van der Waals surface area (Å²) in [4.78, 5) is 0. The largest absolute Gasteiger partial charge is 0.377 e. The molecule has 2 nitrogen and oxygen atoms in total. The second kappa shape index (κ2) is 6.89. The molecule has 1 unspecified atom stereocenters. The quantitative estimate of drug-likeness (QED) is 0.718. The van der Waals surface area contributed by atoms with Crippen LogP contribution in [0.4, 0.5) is 10.1 Å². The molecule has 0 saturated carbocycles. The van der Waals surface area contributed by atoms with Crippen molar-refractivity contribution in [1.29, 1.82) is 0 Å². The summed E-state index contributed by atoms with van der Waals surface area (Å²) in [6.45, 7) is 0.398. The van der Waals surface area contributed by atoms with Crippen molar-refractivity contribution >= 4 is 49.1 Å². The molecular formula is C14H12Br2ClFN2. The summed E-state index contributed by atoms with van der Waals surface area (Å²) in [6.07, 6.45) is 0. The van der Waals surface area contributed by atoms with Gasteiger partial charge in [0.05, 0.1) is 10.5 Å². The van der Waals surface area contributed by atoms with Gasteiger partial charge in [-0.2, -0.15) is 0 Å². The average Bonchev–Trinajstić information content (AvgIpc) is 2.41. The topological polar surface area (TPSA) is 38.0 Å². The molecule has 0 aliphatic rings.